The van der Waals surface area contributed by atoms with Crippen molar-refractivity contribution >= 4 is 73.5 Å². The summed E-state index contributed by atoms with van der Waals surface area (Å²) in [7, 11) is 0. The fourth-order valence-electron chi connectivity index (χ4n) is 12.8. The number of hydrogen-bond donors (Lipinski definition) is 12. The summed E-state index contributed by atoms with van der Waals surface area (Å²) in [5, 5.41) is 38.0. The zero-order valence-corrected chi connectivity index (χ0v) is 64.4. The average molecular weight is 1370 g/mol. The van der Waals surface area contributed by atoms with Gasteiger partial charge < -0.3 is 63.5 Å². The van der Waals surface area contributed by atoms with Gasteiger partial charge >= 0.3 is 0 Å². The maximum Gasteiger partial charge on any atom is 0.0850 e. The second-order valence-electron chi connectivity index (χ2n) is 30.2. The van der Waals surface area contributed by atoms with Crippen LogP contribution >= 0.6 is 0 Å². The van der Waals surface area contributed by atoms with E-state index in [-0.39, 0.29) is 0 Å². The van der Waals surface area contributed by atoms with Gasteiger partial charge in [0, 0.05) is 80.4 Å². The highest BCUT2D eigenvalue weighted by Crippen LogP contribution is 2.34. The van der Waals surface area contributed by atoms with E-state index in [9.17, 15) is 0 Å². The Kier molecular flexibility index (Phi) is 28.6. The minimum Gasteiger partial charge on any atom is -0.385 e. The Balaban J connectivity index is 0.000000136. The number of aromatic amines is 1. The monoisotopic (exact) mass is 1370 g/mol. The first-order valence-electron chi connectivity index (χ1n) is 38.2. The molecule has 1 aromatic heterocycles. The van der Waals surface area contributed by atoms with Crippen molar-refractivity contribution in [2.45, 2.75) is 190 Å². The van der Waals surface area contributed by atoms with Crippen LogP contribution < -0.4 is 58.5 Å². The average Bonchev–Trinajstić information content (AvgIpc) is 1.56. The molecule has 0 amide bonds. The molecule has 0 saturated carbocycles. The SMILES string of the molecule is CC(C)c1ccc2c(c1)NC=CC2.CC(C)c1ccc2c(c1)NC=CN2.CC(C)c1ccc2c(c1)NCC2.CC(C)c1ccc2c(c1)NCCC2.CC(C)c1ccc2c(c1)NCCCN2.CC(C)c1ccc2c(c1)NCCN2.CC(C)c1ccc2c(c1)NCN2.CC(C)c1ccc2cc[nH]c2c1. The van der Waals surface area contributed by atoms with Gasteiger partial charge in [-0.2, -0.15) is 0 Å². The highest BCUT2D eigenvalue weighted by molar-refractivity contribution is 5.80. The molecule has 0 atom stereocenters. The number of rotatable bonds is 8. The standard InChI is InChI=1S/C12H18N2.C12H17N.C12H15N.C11H16N2.C11H14N2.C11H15N.C11H13N.C10H14N2/c1-9(2)10-4-5-11-12(8-10)14-7-3-6-13-11;2*1-9(2)11-6-5-10-4-3-7-13-12(10)8-11;2*1-8(2)9-3-4-10-11(7-9)13-6-5-12-10;2*1-8(2)10-4-3-9-5-6-12-11(9)7-10;1-7(2)8-3-4-9-10(5-8)12-6-11-9/h4-5,8-9,13-14H,3,6-7H2,1-2H3;5-6,8-9,13H,3-4,7H2,1-2H3;3,5-9,13H,4H2,1-2H3;3-4,7-8,12-13H,5-6H2,1-2H3;3-8,12-13H,1-2H3;3-4,7-8,12H,5-6H2,1-2H3;3-8,12H,1-2H3;3-5,7,11-12H,6H2,1-2H3. The molecule has 16 rings (SSSR count). The van der Waals surface area contributed by atoms with E-state index < -0.39 is 0 Å². The Bertz CT molecular complexity index is 3970. The molecule has 8 aromatic carbocycles. The smallest absolute Gasteiger partial charge is 0.0850 e. The molecule has 8 heterocycles. The van der Waals surface area contributed by atoms with Gasteiger partial charge in [0.2, 0.25) is 0 Å². The number of H-pyrrole nitrogens is 1. The highest BCUT2D eigenvalue weighted by atomic mass is 15.1. The van der Waals surface area contributed by atoms with Gasteiger partial charge in [-0.3, -0.25) is 0 Å². The molecule has 0 saturated heterocycles. The summed E-state index contributed by atoms with van der Waals surface area (Å²) in [4.78, 5) is 3.21. The molecule has 12 nitrogen and oxygen atoms in total. The first-order chi connectivity index (χ1) is 49.2. The summed E-state index contributed by atoms with van der Waals surface area (Å²) in [6, 6.07) is 55.3. The predicted octanol–water partition coefficient (Wildman–Crippen LogP) is 23.9. The van der Waals surface area contributed by atoms with Gasteiger partial charge in [0.15, 0.2) is 0 Å². The molecule has 0 radical (unpaired) electrons. The minimum absolute atomic E-state index is 0.581. The summed E-state index contributed by atoms with van der Waals surface area (Å²) in [6.45, 7) is 42.8. The zero-order valence-electron chi connectivity index (χ0n) is 64.4. The lowest BCUT2D eigenvalue weighted by Gasteiger charge is -2.21. The Morgan fingerprint density at radius 1 is 0.255 bits per heavy atom. The van der Waals surface area contributed by atoms with Crippen molar-refractivity contribution < 1.29 is 0 Å². The quantitative estimate of drug-likeness (QED) is 0.0706. The first-order valence-corrected chi connectivity index (χ1v) is 38.2. The highest BCUT2D eigenvalue weighted by Gasteiger charge is 2.16. The van der Waals surface area contributed by atoms with Gasteiger partial charge in [0.05, 0.1) is 52.2 Å². The lowest BCUT2D eigenvalue weighted by atomic mass is 9.96. The van der Waals surface area contributed by atoms with Gasteiger partial charge in [-0.15, -0.1) is 0 Å². The van der Waals surface area contributed by atoms with Crippen molar-refractivity contribution in [2.24, 2.45) is 0 Å². The van der Waals surface area contributed by atoms with Gasteiger partial charge in [-0.25, -0.2) is 0 Å². The molecular weight excluding hydrogens is 1250 g/mol. The lowest BCUT2D eigenvalue weighted by molar-refractivity contribution is 0.819. The van der Waals surface area contributed by atoms with Crippen molar-refractivity contribution in [3.8, 4) is 0 Å². The number of aromatic nitrogens is 1. The van der Waals surface area contributed by atoms with Crippen LogP contribution in [0.1, 0.15) is 232 Å². The van der Waals surface area contributed by atoms with Crippen molar-refractivity contribution in [1.29, 1.82) is 0 Å². The third kappa shape index (κ3) is 22.3. The van der Waals surface area contributed by atoms with E-state index in [2.05, 4.69) is 332 Å². The van der Waals surface area contributed by atoms with Crippen LogP contribution in [0, 0.1) is 0 Å². The molecule has 102 heavy (non-hydrogen) atoms. The Morgan fingerprint density at radius 2 is 0.608 bits per heavy atom. The van der Waals surface area contributed by atoms with Crippen LogP contribution in [0.5, 0.6) is 0 Å². The summed E-state index contributed by atoms with van der Waals surface area (Å²) >= 11 is 0. The maximum absolute atomic E-state index is 3.46. The molecule has 12 heteroatoms. The summed E-state index contributed by atoms with van der Waals surface area (Å²) in [5.74, 6) is 4.89. The number of benzene rings is 8. The van der Waals surface area contributed by atoms with E-state index in [1.54, 1.807) is 0 Å². The van der Waals surface area contributed by atoms with Gasteiger partial charge in [0.25, 0.3) is 0 Å². The van der Waals surface area contributed by atoms with Crippen LogP contribution in [0.2, 0.25) is 0 Å². The molecule has 7 aliphatic heterocycles. The summed E-state index contributed by atoms with van der Waals surface area (Å²) in [5.41, 5.74) is 30.5. The Hall–Kier alpha value is -9.42. The Labute approximate surface area is 613 Å². The van der Waals surface area contributed by atoms with E-state index in [0.29, 0.717) is 47.3 Å². The largest absolute Gasteiger partial charge is 0.385 e. The van der Waals surface area contributed by atoms with Crippen molar-refractivity contribution in [2.75, 3.05) is 104 Å². The second-order valence-corrected chi connectivity index (χ2v) is 30.2. The maximum atomic E-state index is 3.46. The fraction of sp³-hybridized carbons (Fsp3) is 0.400. The van der Waals surface area contributed by atoms with Crippen LogP contribution in [0.4, 0.5) is 62.6 Å². The van der Waals surface area contributed by atoms with E-state index >= 15 is 0 Å². The normalized spacial score (nSPS) is 14.1. The molecule has 0 fully saturated rings. The second kappa shape index (κ2) is 38.0. The van der Waals surface area contributed by atoms with Crippen LogP contribution in [0.15, 0.2) is 183 Å². The van der Waals surface area contributed by atoms with Gasteiger partial charge in [-0.1, -0.05) is 190 Å². The first kappa shape index (κ1) is 76.8. The number of aryl methyl sites for hydroxylation is 1. The number of allylic oxidation sites excluding steroid dienone is 1. The fourth-order valence-corrected chi connectivity index (χ4v) is 12.8. The van der Waals surface area contributed by atoms with Crippen molar-refractivity contribution in [1.82, 2.24) is 4.98 Å². The van der Waals surface area contributed by atoms with Crippen molar-refractivity contribution in [3.05, 3.63) is 244 Å². The van der Waals surface area contributed by atoms with E-state index in [1.807, 2.05) is 24.8 Å². The molecule has 9 aromatic rings. The molecule has 12 N–H and O–H groups in total. The zero-order chi connectivity index (χ0) is 72.7. The molecule has 0 spiro atoms. The number of fused-ring (bicyclic) bond motifs is 8. The molecule has 0 aliphatic carbocycles. The minimum atomic E-state index is 0.581. The predicted molar refractivity (Wildman–Crippen MR) is 449 cm³/mol. The summed E-state index contributed by atoms with van der Waals surface area (Å²) in [6.07, 6.45) is 15.9. The number of anilines is 11. The van der Waals surface area contributed by atoms with E-state index in [4.69, 9.17) is 0 Å². The van der Waals surface area contributed by atoms with Crippen LogP contribution in [-0.4, -0.2) is 50.9 Å². The van der Waals surface area contributed by atoms with Crippen molar-refractivity contribution in [3.63, 3.8) is 0 Å². The molecule has 7 aliphatic rings. The van der Waals surface area contributed by atoms with Crippen LogP contribution in [0.3, 0.4) is 0 Å². The molecule has 0 unspecified atom stereocenters. The van der Waals surface area contributed by atoms with Crippen LogP contribution in [0.25, 0.3) is 10.9 Å². The van der Waals surface area contributed by atoms with E-state index in [1.165, 1.54) is 149 Å². The lowest BCUT2D eigenvalue weighted by Crippen LogP contribution is -2.20. The number of nitrogens with one attached hydrogen (secondary N) is 12. The molecular formula is C90H122N12. The third-order valence-corrected chi connectivity index (χ3v) is 19.7. The van der Waals surface area contributed by atoms with Gasteiger partial charge in [-0.05, 0) is 231 Å². The third-order valence-electron chi connectivity index (χ3n) is 19.7. The number of hydrogen-bond acceptors (Lipinski definition) is 11. The van der Waals surface area contributed by atoms with E-state index in [0.717, 1.165) is 63.7 Å². The Morgan fingerprint density at radius 3 is 1.15 bits per heavy atom. The van der Waals surface area contributed by atoms with Crippen LogP contribution in [-0.2, 0) is 19.3 Å². The molecule has 542 valence electrons. The molecule has 0 bridgehead atoms. The topological polar surface area (TPSA) is 148 Å². The van der Waals surface area contributed by atoms with Gasteiger partial charge in [0.1, 0.15) is 0 Å². The summed E-state index contributed by atoms with van der Waals surface area (Å²) < 4.78 is 0.